The van der Waals surface area contributed by atoms with E-state index in [1.165, 1.54) is 0 Å². The summed E-state index contributed by atoms with van der Waals surface area (Å²) in [5.41, 5.74) is 8.45. The van der Waals surface area contributed by atoms with Crippen LogP contribution in [0.4, 0.5) is 11.5 Å². The van der Waals surface area contributed by atoms with Crippen molar-refractivity contribution in [3.8, 4) is 0 Å². The number of hydrogen-bond donors (Lipinski definition) is 1. The van der Waals surface area contributed by atoms with Crippen LogP contribution in [0.5, 0.6) is 0 Å². The van der Waals surface area contributed by atoms with Gasteiger partial charge in [-0.15, -0.1) is 0 Å². The lowest BCUT2D eigenvalue weighted by molar-refractivity contribution is 0.501. The summed E-state index contributed by atoms with van der Waals surface area (Å²) in [5, 5.41) is 0. The van der Waals surface area contributed by atoms with Crippen LogP contribution in [-0.4, -0.2) is 30.3 Å². The number of allylic oxidation sites excluding steroid dienone is 1. The van der Waals surface area contributed by atoms with Crippen LogP contribution in [0, 0.1) is 12.5 Å². The molecule has 0 unspecified atom stereocenters. The largest absolute Gasteiger partial charge is 0.400 e. The Labute approximate surface area is 118 Å². The Morgan fingerprint density at radius 1 is 1.35 bits per heavy atom. The van der Waals surface area contributed by atoms with Crippen molar-refractivity contribution in [2.24, 2.45) is 16.6 Å². The number of nitrogens with zero attached hydrogens (tertiary/aromatic N) is 4. The van der Waals surface area contributed by atoms with E-state index in [-0.39, 0.29) is 0 Å². The monoisotopic (exact) mass is 267 g/mol. The molecule has 1 saturated heterocycles. The number of anilines is 1. The van der Waals surface area contributed by atoms with Gasteiger partial charge in [0.05, 0.1) is 13.1 Å². The Bertz CT molecular complexity index is 603. The fraction of sp³-hybridized carbons (Fsp3) is 0.400. The molecule has 3 heterocycles. The van der Waals surface area contributed by atoms with Crippen molar-refractivity contribution in [3.05, 3.63) is 41.5 Å². The van der Waals surface area contributed by atoms with Crippen LogP contribution >= 0.6 is 0 Å². The van der Waals surface area contributed by atoms with Gasteiger partial charge < -0.3 is 10.6 Å². The molecule has 2 aliphatic rings. The van der Waals surface area contributed by atoms with Crippen molar-refractivity contribution in [3.63, 3.8) is 0 Å². The second-order valence-corrected chi connectivity index (χ2v) is 5.21. The van der Waals surface area contributed by atoms with E-state index in [2.05, 4.69) is 19.7 Å². The predicted molar refractivity (Wildman–Crippen MR) is 80.0 cm³/mol. The Morgan fingerprint density at radius 3 is 2.80 bits per heavy atom. The van der Waals surface area contributed by atoms with Gasteiger partial charge in [-0.1, -0.05) is 0 Å². The smallest absolute Gasteiger partial charge is 0.192 e. The molecule has 5 heteroatoms. The Hall–Kier alpha value is -2.35. The summed E-state index contributed by atoms with van der Waals surface area (Å²) in [6, 6.07) is 3.60. The highest BCUT2D eigenvalue weighted by molar-refractivity contribution is 5.99. The number of hydrogen-bond acceptors (Lipinski definition) is 4. The molecule has 0 amide bonds. The first-order valence-corrected chi connectivity index (χ1v) is 6.85. The van der Waals surface area contributed by atoms with Gasteiger partial charge in [-0.05, 0) is 31.1 Å². The van der Waals surface area contributed by atoms with Gasteiger partial charge in [0.15, 0.2) is 5.69 Å². The molecule has 1 aromatic rings. The zero-order chi connectivity index (χ0) is 13.9. The molecule has 2 aliphatic heterocycles. The Balaban J connectivity index is 1.65. The summed E-state index contributed by atoms with van der Waals surface area (Å²) in [6.07, 6.45) is 5.86. The van der Waals surface area contributed by atoms with Gasteiger partial charge in [-0.3, -0.25) is 4.99 Å². The number of aromatic nitrogens is 1. The fourth-order valence-corrected chi connectivity index (χ4v) is 2.77. The zero-order valence-corrected chi connectivity index (χ0v) is 11.3. The fourth-order valence-electron chi connectivity index (χ4n) is 2.77. The molecule has 0 saturated carbocycles. The number of pyridine rings is 1. The van der Waals surface area contributed by atoms with Crippen molar-refractivity contribution in [2.75, 3.05) is 24.5 Å². The van der Waals surface area contributed by atoms with E-state index in [4.69, 9.17) is 12.3 Å². The molecule has 0 aromatic carbocycles. The summed E-state index contributed by atoms with van der Waals surface area (Å²) in [4.78, 5) is 14.6. The summed E-state index contributed by atoms with van der Waals surface area (Å²) in [7, 11) is 0. The van der Waals surface area contributed by atoms with E-state index < -0.39 is 0 Å². The lowest BCUT2D eigenvalue weighted by Gasteiger charge is -2.32. The topological polar surface area (TPSA) is 58.9 Å². The molecule has 1 fully saturated rings. The first kappa shape index (κ1) is 12.7. The van der Waals surface area contributed by atoms with Gasteiger partial charge in [0.25, 0.3) is 0 Å². The molecule has 0 aliphatic carbocycles. The predicted octanol–water partition coefficient (Wildman–Crippen LogP) is 2.15. The molecule has 0 spiro atoms. The first-order valence-electron chi connectivity index (χ1n) is 6.85. The van der Waals surface area contributed by atoms with Crippen LogP contribution < -0.4 is 10.6 Å². The molecule has 0 radical (unpaired) electrons. The summed E-state index contributed by atoms with van der Waals surface area (Å²) < 4.78 is 0. The van der Waals surface area contributed by atoms with E-state index in [1.54, 1.807) is 12.3 Å². The van der Waals surface area contributed by atoms with Gasteiger partial charge in [0, 0.05) is 36.6 Å². The maximum absolute atomic E-state index is 7.06. The molecule has 2 N–H and O–H groups in total. The van der Waals surface area contributed by atoms with Gasteiger partial charge in [-0.2, -0.15) is 0 Å². The van der Waals surface area contributed by atoms with Crippen LogP contribution in [0.2, 0.25) is 0 Å². The third-order valence-electron chi connectivity index (χ3n) is 3.87. The van der Waals surface area contributed by atoms with Crippen LogP contribution in [0.1, 0.15) is 12.8 Å². The third kappa shape index (κ3) is 2.50. The molecular weight excluding hydrogens is 250 g/mol. The van der Waals surface area contributed by atoms with Gasteiger partial charge in [-0.25, -0.2) is 9.83 Å². The number of nitrogens with two attached hydrogens (primary N) is 1. The second-order valence-electron chi connectivity index (χ2n) is 5.21. The molecule has 1 aromatic heterocycles. The quantitative estimate of drug-likeness (QED) is 0.835. The highest BCUT2D eigenvalue weighted by Gasteiger charge is 2.24. The van der Waals surface area contributed by atoms with E-state index in [9.17, 15) is 0 Å². The SMILES string of the molecule is [C-]#[N+]c1ccnc(N2CCC(C3=NCC(N)=C3)CC2)c1. The van der Waals surface area contributed by atoms with E-state index in [0.717, 1.165) is 43.2 Å². The number of rotatable bonds is 2. The summed E-state index contributed by atoms with van der Waals surface area (Å²) in [6.45, 7) is 9.62. The van der Waals surface area contributed by atoms with E-state index in [0.29, 0.717) is 18.2 Å². The summed E-state index contributed by atoms with van der Waals surface area (Å²) >= 11 is 0. The lowest BCUT2D eigenvalue weighted by atomic mass is 9.92. The molecule has 102 valence electrons. The van der Waals surface area contributed by atoms with E-state index in [1.807, 2.05) is 12.1 Å². The molecular formula is C15H17N5. The van der Waals surface area contributed by atoms with Gasteiger partial charge in [0.1, 0.15) is 5.82 Å². The van der Waals surface area contributed by atoms with Gasteiger partial charge >= 0.3 is 0 Å². The summed E-state index contributed by atoms with van der Waals surface area (Å²) in [5.74, 6) is 1.41. The van der Waals surface area contributed by atoms with Crippen LogP contribution in [0.15, 0.2) is 35.1 Å². The van der Waals surface area contributed by atoms with Crippen molar-refractivity contribution < 1.29 is 0 Å². The lowest BCUT2D eigenvalue weighted by Crippen LogP contribution is -2.36. The third-order valence-corrected chi connectivity index (χ3v) is 3.87. The Kier molecular flexibility index (Phi) is 3.38. The van der Waals surface area contributed by atoms with Crippen molar-refractivity contribution in [1.29, 1.82) is 0 Å². The average Bonchev–Trinajstić information content (AvgIpc) is 2.94. The molecule has 0 atom stereocenters. The van der Waals surface area contributed by atoms with Crippen molar-refractivity contribution >= 4 is 17.2 Å². The van der Waals surface area contributed by atoms with Crippen LogP contribution in [0.25, 0.3) is 4.85 Å². The molecule has 20 heavy (non-hydrogen) atoms. The average molecular weight is 267 g/mol. The van der Waals surface area contributed by atoms with Gasteiger partial charge in [0.2, 0.25) is 0 Å². The molecule has 3 rings (SSSR count). The second kappa shape index (κ2) is 5.33. The first-order chi connectivity index (χ1) is 9.76. The normalized spacial score (nSPS) is 19.4. The minimum atomic E-state index is 0.511. The minimum Gasteiger partial charge on any atom is -0.400 e. The minimum absolute atomic E-state index is 0.511. The number of aliphatic imine (C=N–C) groups is 1. The van der Waals surface area contributed by atoms with Crippen LogP contribution in [-0.2, 0) is 0 Å². The maximum atomic E-state index is 7.06. The Morgan fingerprint density at radius 2 is 2.15 bits per heavy atom. The highest BCUT2D eigenvalue weighted by Crippen LogP contribution is 2.26. The van der Waals surface area contributed by atoms with E-state index >= 15 is 0 Å². The van der Waals surface area contributed by atoms with Crippen molar-refractivity contribution in [2.45, 2.75) is 12.8 Å². The zero-order valence-electron chi connectivity index (χ0n) is 11.3. The number of piperidine rings is 1. The molecule has 0 bridgehead atoms. The van der Waals surface area contributed by atoms with Crippen LogP contribution in [0.3, 0.4) is 0 Å². The standard InChI is InChI=1S/C15H17N5/c1-17-13-2-5-18-15(9-13)20-6-3-11(4-7-20)14-8-12(16)10-19-14/h2,5,8-9,11H,3-4,6-7,10,16H2. The van der Waals surface area contributed by atoms with Crippen molar-refractivity contribution in [1.82, 2.24) is 4.98 Å². The maximum Gasteiger partial charge on any atom is 0.192 e. The molecule has 5 nitrogen and oxygen atoms in total. The highest BCUT2D eigenvalue weighted by atomic mass is 15.2.